The number of benzene rings is 1. The molecule has 0 aliphatic carbocycles. The number of hydrogen-bond acceptors (Lipinski definition) is 4. The van der Waals surface area contributed by atoms with E-state index in [0.717, 1.165) is 0 Å². The number of rotatable bonds is 5. The van der Waals surface area contributed by atoms with E-state index in [1.165, 1.54) is 23.3 Å². The summed E-state index contributed by atoms with van der Waals surface area (Å²) < 4.78 is 33.7. The fourth-order valence-corrected chi connectivity index (χ4v) is 2.44. The quantitative estimate of drug-likeness (QED) is 0.663. The lowest BCUT2D eigenvalue weighted by Gasteiger charge is -2.11. The molecule has 1 aliphatic rings. The molecule has 1 aromatic heterocycles. The zero-order valence-corrected chi connectivity index (χ0v) is 13.1. The minimum atomic E-state index is -2.88. The molecule has 24 heavy (non-hydrogen) atoms. The summed E-state index contributed by atoms with van der Waals surface area (Å²) in [6.45, 7) is -2.64. The highest BCUT2D eigenvalue weighted by atomic mass is 32.1. The lowest BCUT2D eigenvalue weighted by Crippen LogP contribution is -2.29. The van der Waals surface area contributed by atoms with Gasteiger partial charge in [0, 0.05) is 0 Å². The highest BCUT2D eigenvalue weighted by molar-refractivity contribution is 7.80. The van der Waals surface area contributed by atoms with Crippen molar-refractivity contribution in [2.24, 2.45) is 0 Å². The Morgan fingerprint density at radius 1 is 1.29 bits per heavy atom. The van der Waals surface area contributed by atoms with Crippen LogP contribution in [0.25, 0.3) is 6.08 Å². The summed E-state index contributed by atoms with van der Waals surface area (Å²) in [5, 5.41) is 3.12. The maximum absolute atomic E-state index is 12.4. The van der Waals surface area contributed by atoms with Gasteiger partial charge in [-0.15, -0.1) is 0 Å². The van der Waals surface area contributed by atoms with E-state index < -0.39 is 6.61 Å². The van der Waals surface area contributed by atoms with Gasteiger partial charge in [0.1, 0.15) is 17.2 Å². The van der Waals surface area contributed by atoms with Crippen molar-refractivity contribution in [3.05, 3.63) is 59.7 Å². The molecule has 0 atom stereocenters. The van der Waals surface area contributed by atoms with Gasteiger partial charge in [-0.2, -0.15) is 8.78 Å². The Morgan fingerprint density at radius 2 is 2.04 bits per heavy atom. The van der Waals surface area contributed by atoms with Crippen molar-refractivity contribution in [2.75, 3.05) is 0 Å². The third kappa shape index (κ3) is 3.60. The lowest BCUT2D eigenvalue weighted by atomic mass is 10.2. The van der Waals surface area contributed by atoms with E-state index in [0.29, 0.717) is 17.0 Å². The second-order valence-electron chi connectivity index (χ2n) is 4.91. The van der Waals surface area contributed by atoms with Crippen LogP contribution in [0, 0.1) is 0 Å². The number of thiocarbonyl (C=S) groups is 1. The van der Waals surface area contributed by atoms with Gasteiger partial charge in [0.15, 0.2) is 5.11 Å². The van der Waals surface area contributed by atoms with Gasteiger partial charge in [0.05, 0.1) is 12.8 Å². The summed E-state index contributed by atoms with van der Waals surface area (Å²) in [5.41, 5.74) is 0.948. The number of carbonyl (C=O) groups is 1. The Hall–Kier alpha value is -2.74. The molecule has 1 saturated heterocycles. The van der Waals surface area contributed by atoms with Crippen LogP contribution in [0.15, 0.2) is 52.8 Å². The molecule has 0 unspecified atom stereocenters. The highest BCUT2D eigenvalue weighted by Crippen LogP contribution is 2.20. The smallest absolute Gasteiger partial charge is 0.387 e. The van der Waals surface area contributed by atoms with E-state index >= 15 is 0 Å². The Balaban J connectivity index is 1.73. The van der Waals surface area contributed by atoms with Gasteiger partial charge in [-0.1, -0.05) is 12.1 Å². The number of nitrogens with zero attached hydrogens (tertiary/aromatic N) is 1. The molecule has 3 rings (SSSR count). The van der Waals surface area contributed by atoms with Crippen molar-refractivity contribution in [1.82, 2.24) is 10.2 Å². The maximum Gasteiger partial charge on any atom is 0.387 e. The average Bonchev–Trinajstić information content (AvgIpc) is 3.13. The molecule has 2 heterocycles. The van der Waals surface area contributed by atoms with Crippen molar-refractivity contribution in [3.63, 3.8) is 0 Å². The van der Waals surface area contributed by atoms with E-state index in [4.69, 9.17) is 16.6 Å². The number of carbonyl (C=O) groups excluding carboxylic acids is 1. The van der Waals surface area contributed by atoms with Gasteiger partial charge in [-0.25, -0.2) is 0 Å². The molecule has 1 fully saturated rings. The summed E-state index contributed by atoms with van der Waals surface area (Å²) in [4.78, 5) is 13.8. The third-order valence-electron chi connectivity index (χ3n) is 3.27. The standard InChI is InChI=1S/C16H12F2N2O3S/c17-15(18)23-11-5-3-10(4-6-11)8-13-14(21)20(16(24)19-13)9-12-2-1-7-22-12/h1-8,15H,9H2,(H,19,24). The van der Waals surface area contributed by atoms with Gasteiger partial charge >= 0.3 is 6.61 Å². The third-order valence-corrected chi connectivity index (χ3v) is 3.60. The minimum Gasteiger partial charge on any atom is -0.467 e. The Morgan fingerprint density at radius 3 is 2.67 bits per heavy atom. The summed E-state index contributed by atoms with van der Waals surface area (Å²) in [5.74, 6) is 0.374. The number of alkyl halides is 2. The van der Waals surface area contributed by atoms with E-state index in [-0.39, 0.29) is 23.3 Å². The van der Waals surface area contributed by atoms with Crippen LogP contribution in [0.4, 0.5) is 8.78 Å². The Kier molecular flexibility index (Phi) is 4.57. The molecule has 2 aromatic rings. The van der Waals surface area contributed by atoms with Crippen molar-refractivity contribution in [3.8, 4) is 5.75 Å². The number of nitrogens with one attached hydrogen (secondary N) is 1. The Labute approximate surface area is 141 Å². The largest absolute Gasteiger partial charge is 0.467 e. The van der Waals surface area contributed by atoms with Gasteiger partial charge in [-0.3, -0.25) is 9.69 Å². The summed E-state index contributed by atoms with van der Waals surface area (Å²) >= 11 is 5.16. The van der Waals surface area contributed by atoms with Gasteiger partial charge in [0.2, 0.25) is 0 Å². The molecule has 124 valence electrons. The van der Waals surface area contributed by atoms with Crippen LogP contribution < -0.4 is 10.1 Å². The molecule has 1 aliphatic heterocycles. The van der Waals surface area contributed by atoms with Gasteiger partial charge < -0.3 is 14.5 Å². The molecular weight excluding hydrogens is 338 g/mol. The summed E-state index contributed by atoms with van der Waals surface area (Å²) in [6, 6.07) is 9.41. The van der Waals surface area contributed by atoms with Crippen LogP contribution in [0.5, 0.6) is 5.75 Å². The van der Waals surface area contributed by atoms with Crippen molar-refractivity contribution in [1.29, 1.82) is 0 Å². The van der Waals surface area contributed by atoms with E-state index in [9.17, 15) is 13.6 Å². The van der Waals surface area contributed by atoms with Gasteiger partial charge in [0.25, 0.3) is 5.91 Å². The second kappa shape index (κ2) is 6.79. The molecule has 0 saturated carbocycles. The minimum absolute atomic E-state index is 0.0489. The number of amides is 1. The summed E-state index contributed by atoms with van der Waals surface area (Å²) in [7, 11) is 0. The van der Waals surface area contributed by atoms with Crippen LogP contribution in [0.2, 0.25) is 0 Å². The zero-order valence-electron chi connectivity index (χ0n) is 12.2. The van der Waals surface area contributed by atoms with Gasteiger partial charge in [-0.05, 0) is 48.1 Å². The maximum atomic E-state index is 12.4. The predicted molar refractivity (Wildman–Crippen MR) is 86.0 cm³/mol. The predicted octanol–water partition coefficient (Wildman–Crippen LogP) is 3.14. The SMILES string of the molecule is O=C1C(=Cc2ccc(OC(F)F)cc2)NC(=S)N1Cc1ccco1. The number of halogens is 2. The molecule has 5 nitrogen and oxygen atoms in total. The molecule has 0 bridgehead atoms. The molecule has 0 spiro atoms. The second-order valence-corrected chi connectivity index (χ2v) is 5.29. The van der Waals surface area contributed by atoms with E-state index in [1.54, 1.807) is 30.3 Å². The first-order valence-corrected chi connectivity index (χ1v) is 7.35. The summed E-state index contributed by atoms with van der Waals surface area (Å²) in [6.07, 6.45) is 3.11. The molecule has 1 aromatic carbocycles. The van der Waals surface area contributed by atoms with Crippen molar-refractivity contribution >= 4 is 29.3 Å². The molecule has 1 N–H and O–H groups in total. The van der Waals surface area contributed by atoms with Crippen LogP contribution in [0.1, 0.15) is 11.3 Å². The van der Waals surface area contributed by atoms with Crippen molar-refractivity contribution < 1.29 is 22.7 Å². The Bertz CT molecular complexity index is 773. The molecule has 0 radical (unpaired) electrons. The molecule has 8 heteroatoms. The van der Waals surface area contributed by atoms with Crippen LogP contribution in [-0.4, -0.2) is 22.5 Å². The molecular formula is C16H12F2N2O3S. The lowest BCUT2D eigenvalue weighted by molar-refractivity contribution is -0.122. The first-order chi connectivity index (χ1) is 11.5. The number of ether oxygens (including phenoxy) is 1. The van der Waals surface area contributed by atoms with Crippen molar-refractivity contribution in [2.45, 2.75) is 13.2 Å². The molecule has 1 amide bonds. The van der Waals surface area contributed by atoms with E-state index in [1.807, 2.05) is 0 Å². The normalized spacial score (nSPS) is 16.1. The van der Waals surface area contributed by atoms with Crippen LogP contribution in [0.3, 0.4) is 0 Å². The first kappa shape index (κ1) is 16.1. The fourth-order valence-electron chi connectivity index (χ4n) is 2.19. The zero-order chi connectivity index (χ0) is 17.1. The van der Waals surface area contributed by atoms with Crippen LogP contribution in [-0.2, 0) is 11.3 Å². The number of furan rings is 1. The van der Waals surface area contributed by atoms with Crippen LogP contribution >= 0.6 is 12.2 Å². The number of hydrogen-bond donors (Lipinski definition) is 1. The monoisotopic (exact) mass is 350 g/mol. The highest BCUT2D eigenvalue weighted by Gasteiger charge is 2.31. The topological polar surface area (TPSA) is 54.7 Å². The van der Waals surface area contributed by atoms with E-state index in [2.05, 4.69) is 10.1 Å². The fraction of sp³-hybridized carbons (Fsp3) is 0.125. The average molecular weight is 350 g/mol. The first-order valence-electron chi connectivity index (χ1n) is 6.95.